The number of nitrogens with zero attached hydrogens (tertiary/aromatic N) is 2. The van der Waals surface area contributed by atoms with Gasteiger partial charge in [-0.05, 0) is 31.0 Å². The average Bonchev–Trinajstić information content (AvgIpc) is 3.24. The van der Waals surface area contributed by atoms with E-state index in [0.717, 1.165) is 35.1 Å². The van der Waals surface area contributed by atoms with Gasteiger partial charge in [0.15, 0.2) is 0 Å². The van der Waals surface area contributed by atoms with Gasteiger partial charge in [0.05, 0.1) is 23.4 Å². The number of amides is 1. The monoisotopic (exact) mass is 398 g/mol. The summed E-state index contributed by atoms with van der Waals surface area (Å²) in [5.74, 6) is -0.0197. The van der Waals surface area contributed by atoms with E-state index in [1.165, 1.54) is 11.8 Å². The van der Waals surface area contributed by atoms with Crippen LogP contribution in [0.4, 0.5) is 5.69 Å². The van der Waals surface area contributed by atoms with Gasteiger partial charge in [-0.15, -0.1) is 0 Å². The maximum absolute atomic E-state index is 12.9. The predicted molar refractivity (Wildman–Crippen MR) is 104 cm³/mol. The zero-order valence-electron chi connectivity index (χ0n) is 13.0. The van der Waals surface area contributed by atoms with Crippen LogP contribution in [0.15, 0.2) is 33.0 Å². The molecule has 1 aromatic carbocycles. The van der Waals surface area contributed by atoms with Crippen LogP contribution in [0.3, 0.4) is 0 Å². The summed E-state index contributed by atoms with van der Waals surface area (Å²) in [5, 5.41) is 1.60. The molecule has 2 saturated heterocycles. The zero-order chi connectivity index (χ0) is 16.8. The van der Waals surface area contributed by atoms with Crippen LogP contribution in [0, 0.1) is 0 Å². The van der Waals surface area contributed by atoms with E-state index in [0.29, 0.717) is 20.8 Å². The molecular weight excluding hydrogens is 384 g/mol. The number of hydrogen-bond acceptors (Lipinski definition) is 6. The van der Waals surface area contributed by atoms with Gasteiger partial charge in [0.25, 0.3) is 5.91 Å². The third-order valence-electron chi connectivity index (χ3n) is 4.25. The fourth-order valence-corrected chi connectivity index (χ4v) is 5.74. The first kappa shape index (κ1) is 16.7. The van der Waals surface area contributed by atoms with Crippen molar-refractivity contribution in [1.29, 1.82) is 0 Å². The van der Waals surface area contributed by atoms with Gasteiger partial charge >= 0.3 is 0 Å². The number of fused-ring (bicyclic) bond motifs is 1. The van der Waals surface area contributed by atoms with Crippen molar-refractivity contribution in [2.75, 3.05) is 25.1 Å². The maximum Gasteiger partial charge on any atom is 0.268 e. The van der Waals surface area contributed by atoms with Gasteiger partial charge in [-0.1, -0.05) is 47.3 Å². The molecule has 1 amide bonds. The summed E-state index contributed by atoms with van der Waals surface area (Å²) in [6.07, 6.45) is 2.14. The molecule has 4 rings (SSSR count). The summed E-state index contributed by atoms with van der Waals surface area (Å²) < 4.78 is 6.26. The van der Waals surface area contributed by atoms with Gasteiger partial charge in [0.2, 0.25) is 0 Å². The fourth-order valence-electron chi connectivity index (χ4n) is 3.00. The van der Waals surface area contributed by atoms with Crippen molar-refractivity contribution in [3.63, 3.8) is 0 Å². The van der Waals surface area contributed by atoms with Crippen molar-refractivity contribution < 1.29 is 9.53 Å². The number of rotatable bonds is 2. The van der Waals surface area contributed by atoms with Crippen LogP contribution in [0.25, 0.3) is 0 Å². The van der Waals surface area contributed by atoms with Gasteiger partial charge < -0.3 is 9.64 Å². The minimum absolute atomic E-state index is 0.0197. The highest BCUT2D eigenvalue weighted by atomic mass is 35.5. The molecule has 1 aromatic rings. The van der Waals surface area contributed by atoms with Crippen molar-refractivity contribution in [2.24, 2.45) is 0 Å². The Kier molecular flexibility index (Phi) is 4.55. The van der Waals surface area contributed by atoms with Crippen molar-refractivity contribution in [3.05, 3.63) is 33.2 Å². The molecule has 0 spiro atoms. The molecule has 3 aliphatic heterocycles. The number of halogens is 1. The summed E-state index contributed by atoms with van der Waals surface area (Å²) in [7, 11) is 1.96. The molecule has 0 N–H and O–H groups in total. The molecule has 3 aliphatic rings. The Hall–Kier alpha value is -0.730. The van der Waals surface area contributed by atoms with E-state index in [4.69, 9.17) is 28.6 Å². The number of thiocarbonyl (C=S) groups is 1. The first-order chi connectivity index (χ1) is 11.5. The molecule has 1 atom stereocenters. The van der Waals surface area contributed by atoms with Crippen LogP contribution in [0.5, 0.6) is 0 Å². The summed E-state index contributed by atoms with van der Waals surface area (Å²) in [6.45, 7) is 1.32. The maximum atomic E-state index is 12.9. The smallest absolute Gasteiger partial charge is 0.268 e. The fraction of sp³-hybridized carbons (Fsp3) is 0.375. The van der Waals surface area contributed by atoms with Crippen LogP contribution in [-0.4, -0.2) is 41.4 Å². The van der Waals surface area contributed by atoms with Crippen LogP contribution >= 0.6 is 47.3 Å². The summed E-state index contributed by atoms with van der Waals surface area (Å²) in [4.78, 5) is 18.4. The molecule has 2 fully saturated rings. The van der Waals surface area contributed by atoms with E-state index in [9.17, 15) is 4.79 Å². The molecular formula is C16H15ClN2O2S3. The molecule has 0 bridgehead atoms. The Morgan fingerprint density at radius 3 is 3.00 bits per heavy atom. The lowest BCUT2D eigenvalue weighted by atomic mass is 10.2. The van der Waals surface area contributed by atoms with Crippen molar-refractivity contribution in [2.45, 2.75) is 23.8 Å². The number of thioether (sulfide) groups is 2. The van der Waals surface area contributed by atoms with E-state index >= 15 is 0 Å². The van der Waals surface area contributed by atoms with Gasteiger partial charge in [0, 0.05) is 23.6 Å². The van der Waals surface area contributed by atoms with Gasteiger partial charge in [0.1, 0.15) is 9.23 Å². The molecule has 126 valence electrons. The second-order valence-corrected chi connectivity index (χ2v) is 8.94. The Labute approximate surface area is 159 Å². The number of benzene rings is 1. The highest BCUT2D eigenvalue weighted by Crippen LogP contribution is 2.50. The van der Waals surface area contributed by atoms with Gasteiger partial charge in [-0.3, -0.25) is 9.69 Å². The first-order valence-electron chi connectivity index (χ1n) is 7.65. The highest BCUT2D eigenvalue weighted by Gasteiger charge is 2.39. The second kappa shape index (κ2) is 6.53. The summed E-state index contributed by atoms with van der Waals surface area (Å²) in [6, 6.07) is 5.77. The SMILES string of the molecule is CN1/C(=C2/SC(=S)N(CC3CCCO3)C2=O)Sc2ccc(Cl)cc21. The minimum Gasteiger partial charge on any atom is -0.376 e. The summed E-state index contributed by atoms with van der Waals surface area (Å²) in [5.41, 5.74) is 1.02. The normalized spacial score (nSPS) is 26.7. The number of carbonyl (C=O) groups excluding carboxylic acids is 1. The standard InChI is InChI=1S/C16H15ClN2O2S3/c1-18-11-7-9(17)4-5-12(11)23-15(18)13-14(20)19(16(22)24-13)8-10-3-2-6-21-10/h4-5,7,10H,2-3,6,8H2,1H3/b15-13-. The van der Waals surface area contributed by atoms with Gasteiger partial charge in [-0.2, -0.15) is 0 Å². The Morgan fingerprint density at radius 2 is 2.25 bits per heavy atom. The number of hydrogen-bond donors (Lipinski definition) is 0. The van der Waals surface area contributed by atoms with Crippen molar-refractivity contribution in [1.82, 2.24) is 4.90 Å². The highest BCUT2D eigenvalue weighted by molar-refractivity contribution is 8.27. The number of anilines is 1. The summed E-state index contributed by atoms with van der Waals surface area (Å²) >= 11 is 14.5. The van der Waals surface area contributed by atoms with Crippen molar-refractivity contribution in [3.8, 4) is 0 Å². The van der Waals surface area contributed by atoms with E-state index < -0.39 is 0 Å². The first-order valence-corrected chi connectivity index (χ1v) is 10.1. The molecule has 4 nitrogen and oxygen atoms in total. The topological polar surface area (TPSA) is 32.8 Å². The second-order valence-electron chi connectivity index (χ2n) is 5.83. The van der Waals surface area contributed by atoms with E-state index in [2.05, 4.69) is 0 Å². The molecule has 0 aliphatic carbocycles. The van der Waals surface area contributed by atoms with Crippen LogP contribution in [0.2, 0.25) is 5.02 Å². The minimum atomic E-state index is -0.0197. The molecule has 0 saturated carbocycles. The van der Waals surface area contributed by atoms with Crippen LogP contribution < -0.4 is 4.90 Å². The lowest BCUT2D eigenvalue weighted by Gasteiger charge is -2.19. The van der Waals surface area contributed by atoms with E-state index in [-0.39, 0.29) is 12.0 Å². The zero-order valence-corrected chi connectivity index (χ0v) is 16.2. The predicted octanol–water partition coefficient (Wildman–Crippen LogP) is 4.09. The molecule has 24 heavy (non-hydrogen) atoms. The molecule has 0 radical (unpaired) electrons. The van der Waals surface area contributed by atoms with Crippen LogP contribution in [-0.2, 0) is 9.53 Å². The average molecular weight is 399 g/mol. The molecule has 8 heteroatoms. The Morgan fingerprint density at radius 1 is 1.42 bits per heavy atom. The number of carbonyl (C=O) groups is 1. The van der Waals surface area contributed by atoms with Crippen LogP contribution in [0.1, 0.15) is 12.8 Å². The lowest BCUT2D eigenvalue weighted by molar-refractivity contribution is -0.123. The largest absolute Gasteiger partial charge is 0.376 e. The molecule has 3 heterocycles. The third kappa shape index (κ3) is 2.86. The van der Waals surface area contributed by atoms with E-state index in [1.54, 1.807) is 16.7 Å². The van der Waals surface area contributed by atoms with Gasteiger partial charge in [-0.25, -0.2) is 0 Å². The Balaban J connectivity index is 1.61. The molecule has 0 aromatic heterocycles. The molecule has 1 unspecified atom stereocenters. The lowest BCUT2D eigenvalue weighted by Crippen LogP contribution is -2.35. The van der Waals surface area contributed by atoms with E-state index in [1.807, 2.05) is 30.1 Å². The van der Waals surface area contributed by atoms with Crippen molar-refractivity contribution >= 4 is 63.3 Å². The quantitative estimate of drug-likeness (QED) is 0.551. The Bertz CT molecular complexity index is 762. The third-order valence-corrected chi connectivity index (χ3v) is 7.29. The number of ether oxygens (including phenoxy) is 1.